The van der Waals surface area contributed by atoms with Crippen LogP contribution < -0.4 is 5.73 Å². The SMILES string of the molecule is CCC(N)(CC)C(=O)N(Cc1cccc(Cl)c1)C(C)C. The molecule has 4 heteroatoms. The minimum atomic E-state index is -0.775. The maximum atomic E-state index is 12.7. The van der Waals surface area contributed by atoms with E-state index in [1.54, 1.807) is 0 Å². The van der Waals surface area contributed by atoms with E-state index in [0.717, 1.165) is 5.56 Å². The molecule has 3 nitrogen and oxygen atoms in total. The van der Waals surface area contributed by atoms with Crippen molar-refractivity contribution in [3.05, 3.63) is 34.9 Å². The fourth-order valence-electron chi connectivity index (χ4n) is 2.16. The first-order chi connectivity index (χ1) is 9.34. The van der Waals surface area contributed by atoms with Crippen LogP contribution >= 0.6 is 11.6 Å². The highest BCUT2D eigenvalue weighted by Gasteiger charge is 2.35. The molecule has 0 atom stereocenters. The summed E-state index contributed by atoms with van der Waals surface area (Å²) in [5, 5.41) is 0.684. The summed E-state index contributed by atoms with van der Waals surface area (Å²) in [5.41, 5.74) is 6.49. The molecule has 0 saturated heterocycles. The minimum absolute atomic E-state index is 0.0116. The summed E-state index contributed by atoms with van der Waals surface area (Å²) >= 11 is 6.00. The van der Waals surface area contributed by atoms with Gasteiger partial charge in [-0.2, -0.15) is 0 Å². The molecule has 2 N–H and O–H groups in total. The normalized spacial score (nSPS) is 11.8. The zero-order chi connectivity index (χ0) is 15.3. The number of hydrogen-bond donors (Lipinski definition) is 1. The number of nitrogens with zero attached hydrogens (tertiary/aromatic N) is 1. The molecule has 1 amide bonds. The Bertz CT molecular complexity index is 456. The predicted octanol–water partition coefficient (Wildman–Crippen LogP) is 3.59. The van der Waals surface area contributed by atoms with Gasteiger partial charge in [0, 0.05) is 17.6 Å². The smallest absolute Gasteiger partial charge is 0.243 e. The average molecular weight is 297 g/mol. The molecule has 0 aliphatic carbocycles. The zero-order valence-corrected chi connectivity index (χ0v) is 13.6. The van der Waals surface area contributed by atoms with Crippen LogP contribution in [-0.4, -0.2) is 22.4 Å². The lowest BCUT2D eigenvalue weighted by atomic mass is 9.91. The van der Waals surface area contributed by atoms with Gasteiger partial charge in [-0.3, -0.25) is 4.79 Å². The van der Waals surface area contributed by atoms with Crippen molar-refractivity contribution in [2.75, 3.05) is 0 Å². The monoisotopic (exact) mass is 296 g/mol. The maximum Gasteiger partial charge on any atom is 0.243 e. The van der Waals surface area contributed by atoms with E-state index in [2.05, 4.69) is 0 Å². The van der Waals surface area contributed by atoms with Gasteiger partial charge in [-0.25, -0.2) is 0 Å². The molecule has 0 aliphatic heterocycles. The van der Waals surface area contributed by atoms with Crippen LogP contribution in [0.4, 0.5) is 0 Å². The molecule has 112 valence electrons. The van der Waals surface area contributed by atoms with E-state index in [9.17, 15) is 4.79 Å². The van der Waals surface area contributed by atoms with Crippen LogP contribution in [0.3, 0.4) is 0 Å². The fraction of sp³-hybridized carbons (Fsp3) is 0.562. The van der Waals surface area contributed by atoms with Crippen molar-refractivity contribution in [1.82, 2.24) is 4.90 Å². The lowest BCUT2D eigenvalue weighted by Gasteiger charge is -2.35. The summed E-state index contributed by atoms with van der Waals surface area (Å²) < 4.78 is 0. The summed E-state index contributed by atoms with van der Waals surface area (Å²) in [7, 11) is 0. The highest BCUT2D eigenvalue weighted by molar-refractivity contribution is 6.30. The number of carbonyl (C=O) groups is 1. The van der Waals surface area contributed by atoms with E-state index in [0.29, 0.717) is 24.4 Å². The Kier molecular flexibility index (Phi) is 6.03. The zero-order valence-electron chi connectivity index (χ0n) is 12.8. The highest BCUT2D eigenvalue weighted by Crippen LogP contribution is 2.20. The number of benzene rings is 1. The van der Waals surface area contributed by atoms with Gasteiger partial charge in [0.1, 0.15) is 0 Å². The summed E-state index contributed by atoms with van der Waals surface area (Å²) in [5.74, 6) is 0.0116. The van der Waals surface area contributed by atoms with Gasteiger partial charge in [-0.05, 0) is 44.4 Å². The summed E-state index contributed by atoms with van der Waals surface area (Å²) in [6.07, 6.45) is 1.28. The largest absolute Gasteiger partial charge is 0.334 e. The van der Waals surface area contributed by atoms with Crippen molar-refractivity contribution < 1.29 is 4.79 Å². The first-order valence-electron chi connectivity index (χ1n) is 7.18. The van der Waals surface area contributed by atoms with Crippen LogP contribution in [0.25, 0.3) is 0 Å². The van der Waals surface area contributed by atoms with Crippen LogP contribution in [0.15, 0.2) is 24.3 Å². The van der Waals surface area contributed by atoms with Gasteiger partial charge in [0.15, 0.2) is 0 Å². The third-order valence-corrected chi connectivity index (χ3v) is 4.05. The topological polar surface area (TPSA) is 46.3 Å². The first kappa shape index (κ1) is 17.0. The van der Waals surface area contributed by atoms with Crippen molar-refractivity contribution >= 4 is 17.5 Å². The van der Waals surface area contributed by atoms with Crippen molar-refractivity contribution in [3.8, 4) is 0 Å². The third kappa shape index (κ3) is 3.97. The quantitative estimate of drug-likeness (QED) is 0.872. The van der Waals surface area contributed by atoms with E-state index in [-0.39, 0.29) is 11.9 Å². The number of carbonyl (C=O) groups excluding carboxylic acids is 1. The van der Waals surface area contributed by atoms with Crippen LogP contribution in [0.2, 0.25) is 5.02 Å². The fourth-order valence-corrected chi connectivity index (χ4v) is 2.37. The first-order valence-corrected chi connectivity index (χ1v) is 7.56. The van der Waals surface area contributed by atoms with Gasteiger partial charge >= 0.3 is 0 Å². The Balaban J connectivity index is 2.98. The highest BCUT2D eigenvalue weighted by atomic mass is 35.5. The number of rotatable bonds is 6. The lowest BCUT2D eigenvalue weighted by molar-refractivity contribution is -0.139. The van der Waals surface area contributed by atoms with Gasteiger partial charge in [0.05, 0.1) is 5.54 Å². The van der Waals surface area contributed by atoms with Gasteiger partial charge in [0.25, 0.3) is 0 Å². The molecule has 1 aromatic carbocycles. The van der Waals surface area contributed by atoms with Gasteiger partial charge in [-0.15, -0.1) is 0 Å². The summed E-state index contributed by atoms with van der Waals surface area (Å²) in [6, 6.07) is 7.70. The Morgan fingerprint density at radius 1 is 1.35 bits per heavy atom. The molecular formula is C16H25ClN2O. The molecule has 0 fully saturated rings. The third-order valence-electron chi connectivity index (χ3n) is 3.81. The molecular weight excluding hydrogens is 272 g/mol. The Labute approximate surface area is 127 Å². The summed E-state index contributed by atoms with van der Waals surface area (Å²) in [4.78, 5) is 14.6. The van der Waals surface area contributed by atoms with Gasteiger partial charge in [0.2, 0.25) is 5.91 Å². The van der Waals surface area contributed by atoms with Crippen LogP contribution in [-0.2, 0) is 11.3 Å². The molecule has 0 unspecified atom stereocenters. The van der Waals surface area contributed by atoms with Gasteiger partial charge < -0.3 is 10.6 Å². The van der Waals surface area contributed by atoms with E-state index in [1.807, 2.05) is 56.9 Å². The predicted molar refractivity (Wildman–Crippen MR) is 84.6 cm³/mol. The van der Waals surface area contributed by atoms with Crippen molar-refractivity contribution in [2.24, 2.45) is 5.73 Å². The molecule has 0 radical (unpaired) electrons. The molecule has 0 saturated carbocycles. The molecule has 1 aromatic rings. The van der Waals surface area contributed by atoms with E-state index >= 15 is 0 Å². The Morgan fingerprint density at radius 2 is 1.95 bits per heavy atom. The van der Waals surface area contributed by atoms with Gasteiger partial charge in [-0.1, -0.05) is 37.6 Å². The second kappa shape index (κ2) is 7.09. The second-order valence-electron chi connectivity index (χ2n) is 5.52. The molecule has 20 heavy (non-hydrogen) atoms. The maximum absolute atomic E-state index is 12.7. The van der Waals surface area contributed by atoms with Crippen LogP contribution in [0, 0.1) is 0 Å². The van der Waals surface area contributed by atoms with Crippen molar-refractivity contribution in [3.63, 3.8) is 0 Å². The lowest BCUT2D eigenvalue weighted by Crippen LogP contribution is -2.56. The number of halogens is 1. The second-order valence-corrected chi connectivity index (χ2v) is 5.96. The van der Waals surface area contributed by atoms with Crippen LogP contribution in [0.5, 0.6) is 0 Å². The molecule has 0 aliphatic rings. The van der Waals surface area contributed by atoms with Crippen molar-refractivity contribution in [2.45, 2.75) is 58.7 Å². The van der Waals surface area contributed by atoms with E-state index in [4.69, 9.17) is 17.3 Å². The van der Waals surface area contributed by atoms with E-state index < -0.39 is 5.54 Å². The van der Waals surface area contributed by atoms with E-state index in [1.165, 1.54) is 0 Å². The van der Waals surface area contributed by atoms with Crippen molar-refractivity contribution in [1.29, 1.82) is 0 Å². The Morgan fingerprint density at radius 3 is 2.40 bits per heavy atom. The number of hydrogen-bond acceptors (Lipinski definition) is 2. The average Bonchev–Trinajstić information content (AvgIpc) is 2.43. The van der Waals surface area contributed by atoms with Crippen LogP contribution in [0.1, 0.15) is 46.1 Å². The molecule has 1 rings (SSSR count). The molecule has 0 aromatic heterocycles. The molecule has 0 bridgehead atoms. The molecule has 0 spiro atoms. The standard InChI is InChI=1S/C16H25ClN2O/c1-5-16(18,6-2)15(20)19(12(3)4)11-13-8-7-9-14(17)10-13/h7-10,12H,5-6,11,18H2,1-4H3. The minimum Gasteiger partial charge on any atom is -0.334 e. The molecule has 0 heterocycles. The number of nitrogens with two attached hydrogens (primary N) is 1. The summed E-state index contributed by atoms with van der Waals surface area (Å²) in [6.45, 7) is 8.47. The Hall–Kier alpha value is -1.06. The number of amides is 1.